The predicted molar refractivity (Wildman–Crippen MR) is 102 cm³/mol. The molecule has 134 valence electrons. The topological polar surface area (TPSA) is 80.9 Å². The highest BCUT2D eigenvalue weighted by Crippen LogP contribution is 2.34. The van der Waals surface area contributed by atoms with Crippen molar-refractivity contribution >= 4 is 23.0 Å². The summed E-state index contributed by atoms with van der Waals surface area (Å²) in [7, 11) is 0. The van der Waals surface area contributed by atoms with Gasteiger partial charge in [-0.3, -0.25) is 0 Å². The molecule has 2 heterocycles. The number of hydrogen-bond donors (Lipinski definition) is 3. The number of nitrogens with one attached hydrogen (secondary N) is 2. The van der Waals surface area contributed by atoms with Gasteiger partial charge in [-0.2, -0.15) is 0 Å². The maximum absolute atomic E-state index is 5.83. The maximum atomic E-state index is 5.83. The minimum Gasteiger partial charge on any atom is -0.454 e. The molecule has 2 aromatic rings. The first-order chi connectivity index (χ1) is 12.1. The SMILES string of the molecule is CC(C)(CN)CNC(=NCc1cccs1)Nc1ccc2c(c1)OCO2. The van der Waals surface area contributed by atoms with Crippen molar-refractivity contribution in [3.8, 4) is 11.5 Å². The van der Waals surface area contributed by atoms with Gasteiger partial charge >= 0.3 is 0 Å². The summed E-state index contributed by atoms with van der Waals surface area (Å²) in [5.74, 6) is 2.22. The quantitative estimate of drug-likeness (QED) is 0.545. The van der Waals surface area contributed by atoms with Gasteiger partial charge in [0, 0.05) is 23.2 Å². The molecule has 4 N–H and O–H groups in total. The van der Waals surface area contributed by atoms with E-state index in [4.69, 9.17) is 15.2 Å². The summed E-state index contributed by atoms with van der Waals surface area (Å²) < 4.78 is 10.8. The minimum absolute atomic E-state index is 0.0136. The van der Waals surface area contributed by atoms with E-state index in [1.165, 1.54) is 4.88 Å². The number of ether oxygens (including phenoxy) is 2. The van der Waals surface area contributed by atoms with Gasteiger partial charge in [-0.15, -0.1) is 11.3 Å². The number of nitrogens with two attached hydrogens (primary N) is 1. The second-order valence-electron chi connectivity index (χ2n) is 6.66. The lowest BCUT2D eigenvalue weighted by atomic mass is 9.94. The third kappa shape index (κ3) is 4.87. The zero-order valence-electron chi connectivity index (χ0n) is 14.5. The summed E-state index contributed by atoms with van der Waals surface area (Å²) in [4.78, 5) is 5.90. The van der Waals surface area contributed by atoms with Gasteiger partial charge < -0.3 is 25.8 Å². The van der Waals surface area contributed by atoms with Gasteiger partial charge in [-0.1, -0.05) is 19.9 Å². The van der Waals surface area contributed by atoms with Crippen molar-refractivity contribution in [3.63, 3.8) is 0 Å². The molecule has 3 rings (SSSR count). The highest BCUT2D eigenvalue weighted by Gasteiger charge is 2.17. The Balaban J connectivity index is 1.71. The molecule has 1 aliphatic rings. The molecule has 0 saturated carbocycles. The Morgan fingerprint density at radius 3 is 2.88 bits per heavy atom. The van der Waals surface area contributed by atoms with Gasteiger partial charge in [0.25, 0.3) is 0 Å². The van der Waals surface area contributed by atoms with Crippen LogP contribution in [-0.2, 0) is 6.54 Å². The smallest absolute Gasteiger partial charge is 0.231 e. The van der Waals surface area contributed by atoms with Gasteiger partial charge in [0.1, 0.15) is 0 Å². The summed E-state index contributed by atoms with van der Waals surface area (Å²) >= 11 is 1.70. The second-order valence-corrected chi connectivity index (χ2v) is 7.69. The normalized spacial score (nSPS) is 13.8. The number of rotatable bonds is 6. The molecule has 1 aliphatic heterocycles. The van der Waals surface area contributed by atoms with Gasteiger partial charge in [-0.05, 0) is 35.5 Å². The van der Waals surface area contributed by atoms with Crippen LogP contribution in [0.15, 0.2) is 40.7 Å². The molecule has 0 radical (unpaired) electrons. The first-order valence-corrected chi connectivity index (χ1v) is 9.11. The monoisotopic (exact) mass is 360 g/mol. The highest BCUT2D eigenvalue weighted by molar-refractivity contribution is 7.09. The molecule has 0 aliphatic carbocycles. The van der Waals surface area contributed by atoms with Gasteiger partial charge in [0.15, 0.2) is 17.5 Å². The van der Waals surface area contributed by atoms with E-state index in [9.17, 15) is 0 Å². The van der Waals surface area contributed by atoms with Crippen LogP contribution in [0.4, 0.5) is 5.69 Å². The van der Waals surface area contributed by atoms with Crippen LogP contribution in [0, 0.1) is 5.41 Å². The van der Waals surface area contributed by atoms with Crippen molar-refractivity contribution in [2.75, 3.05) is 25.2 Å². The number of anilines is 1. The summed E-state index contributed by atoms with van der Waals surface area (Å²) in [6, 6.07) is 9.87. The van der Waals surface area contributed by atoms with Crippen LogP contribution >= 0.6 is 11.3 Å². The minimum atomic E-state index is -0.0136. The summed E-state index contributed by atoms with van der Waals surface area (Å²) in [6.07, 6.45) is 0. The summed E-state index contributed by atoms with van der Waals surface area (Å²) in [6.45, 7) is 6.46. The average molecular weight is 360 g/mol. The lowest BCUT2D eigenvalue weighted by molar-refractivity contribution is 0.174. The molecule has 0 atom stereocenters. The Bertz CT molecular complexity index is 729. The van der Waals surface area contributed by atoms with Gasteiger partial charge in [0.05, 0.1) is 6.54 Å². The molecule has 0 amide bonds. The number of hydrogen-bond acceptors (Lipinski definition) is 5. The van der Waals surface area contributed by atoms with Crippen molar-refractivity contribution in [3.05, 3.63) is 40.6 Å². The lowest BCUT2D eigenvalue weighted by Crippen LogP contribution is -2.41. The number of thiophene rings is 1. The fraction of sp³-hybridized carbons (Fsp3) is 0.389. The predicted octanol–water partition coefficient (Wildman–Crippen LogP) is 3.02. The van der Waals surface area contributed by atoms with Crippen molar-refractivity contribution in [1.29, 1.82) is 0 Å². The van der Waals surface area contributed by atoms with E-state index >= 15 is 0 Å². The molecule has 0 bridgehead atoms. The first-order valence-electron chi connectivity index (χ1n) is 8.23. The fourth-order valence-electron chi connectivity index (χ4n) is 2.21. The average Bonchev–Trinajstić information content (AvgIpc) is 3.28. The van der Waals surface area contributed by atoms with E-state index in [2.05, 4.69) is 40.9 Å². The fourth-order valence-corrected chi connectivity index (χ4v) is 2.83. The van der Waals surface area contributed by atoms with Crippen molar-refractivity contribution in [2.45, 2.75) is 20.4 Å². The van der Waals surface area contributed by atoms with Crippen LogP contribution in [-0.4, -0.2) is 25.8 Å². The molecular weight excluding hydrogens is 336 g/mol. The Hall–Kier alpha value is -2.25. The molecule has 0 unspecified atom stereocenters. The molecule has 1 aromatic carbocycles. The Kier molecular flexibility index (Phi) is 5.45. The first kappa shape index (κ1) is 17.6. The number of fused-ring (bicyclic) bond motifs is 1. The standard InChI is InChI=1S/C18H24N4O2S/c1-18(2,10-19)11-21-17(20-9-14-4-3-7-25-14)22-13-5-6-15-16(8-13)24-12-23-15/h3-8H,9-12,19H2,1-2H3,(H2,20,21,22). The molecular formula is C18H24N4O2S. The lowest BCUT2D eigenvalue weighted by Gasteiger charge is -2.24. The van der Waals surface area contributed by atoms with Crippen molar-refractivity contribution in [2.24, 2.45) is 16.1 Å². The number of aliphatic imine (C=N–C) groups is 1. The number of guanidine groups is 1. The van der Waals surface area contributed by atoms with Crippen LogP contribution < -0.4 is 25.8 Å². The Morgan fingerprint density at radius 2 is 2.12 bits per heavy atom. The van der Waals surface area contributed by atoms with Crippen LogP contribution in [0.3, 0.4) is 0 Å². The van der Waals surface area contributed by atoms with E-state index in [-0.39, 0.29) is 12.2 Å². The van der Waals surface area contributed by atoms with E-state index in [0.717, 1.165) is 23.7 Å². The van der Waals surface area contributed by atoms with Crippen LogP contribution in [0.25, 0.3) is 0 Å². The molecule has 0 spiro atoms. The van der Waals surface area contributed by atoms with Gasteiger partial charge in [-0.25, -0.2) is 4.99 Å². The third-order valence-electron chi connectivity index (χ3n) is 3.90. The summed E-state index contributed by atoms with van der Waals surface area (Å²) in [5, 5.41) is 8.77. The zero-order chi connectivity index (χ0) is 17.7. The second kappa shape index (κ2) is 7.76. The molecule has 0 fully saturated rings. The maximum Gasteiger partial charge on any atom is 0.231 e. The van der Waals surface area contributed by atoms with E-state index in [1.807, 2.05) is 24.3 Å². The highest BCUT2D eigenvalue weighted by atomic mass is 32.1. The van der Waals surface area contributed by atoms with E-state index in [1.54, 1.807) is 11.3 Å². The van der Waals surface area contributed by atoms with Crippen molar-refractivity contribution < 1.29 is 9.47 Å². The van der Waals surface area contributed by atoms with Gasteiger partial charge in [0.2, 0.25) is 6.79 Å². The molecule has 6 nitrogen and oxygen atoms in total. The molecule has 1 aromatic heterocycles. The van der Waals surface area contributed by atoms with E-state index < -0.39 is 0 Å². The van der Waals surface area contributed by atoms with Crippen molar-refractivity contribution in [1.82, 2.24) is 5.32 Å². The summed E-state index contributed by atoms with van der Waals surface area (Å²) in [5.41, 5.74) is 6.71. The Labute approximate surface area is 152 Å². The zero-order valence-corrected chi connectivity index (χ0v) is 15.4. The Morgan fingerprint density at radius 1 is 1.28 bits per heavy atom. The molecule has 7 heteroatoms. The molecule has 25 heavy (non-hydrogen) atoms. The largest absolute Gasteiger partial charge is 0.454 e. The van der Waals surface area contributed by atoms with Crippen LogP contribution in [0.1, 0.15) is 18.7 Å². The van der Waals surface area contributed by atoms with Crippen LogP contribution in [0.2, 0.25) is 0 Å². The van der Waals surface area contributed by atoms with Crippen LogP contribution in [0.5, 0.6) is 11.5 Å². The van der Waals surface area contributed by atoms with E-state index in [0.29, 0.717) is 19.0 Å². The molecule has 0 saturated heterocycles. The number of benzene rings is 1. The number of nitrogens with zero attached hydrogens (tertiary/aromatic N) is 1. The third-order valence-corrected chi connectivity index (χ3v) is 4.76.